The molecule has 1 unspecified atom stereocenters. The number of halogens is 1. The largest absolute Gasteiger partial charge is 0.383 e. The molecule has 0 amide bonds. The van der Waals surface area contributed by atoms with E-state index in [0.717, 1.165) is 43.6 Å². The molecule has 0 spiro atoms. The molecule has 2 aliphatic rings. The maximum atomic E-state index is 15.3. The number of ether oxygens (including phenoxy) is 1. The SMILES string of the molecule is Cc1nc(S(=O)(=O)Nc2ccc(-c3nn(C(C)C)c4c(C5=CCC(NC6COC6)CC5)cnc(N)c34)cc2F)cs1. The second-order valence-corrected chi connectivity index (χ2v) is 13.5. The summed E-state index contributed by atoms with van der Waals surface area (Å²) in [7, 11) is -4.03. The Labute approximate surface area is 241 Å². The van der Waals surface area contributed by atoms with Crippen molar-refractivity contribution in [3.05, 3.63) is 52.2 Å². The Hall–Kier alpha value is -3.39. The zero-order valence-corrected chi connectivity index (χ0v) is 24.7. The summed E-state index contributed by atoms with van der Waals surface area (Å²) in [4.78, 5) is 8.52. The molecule has 10 nitrogen and oxygen atoms in total. The number of anilines is 2. The van der Waals surface area contributed by atoms with Gasteiger partial charge in [-0.2, -0.15) is 13.5 Å². The van der Waals surface area contributed by atoms with Crippen LogP contribution in [-0.2, 0) is 14.8 Å². The number of aryl methyl sites for hydroxylation is 1. The number of hydrogen-bond donors (Lipinski definition) is 3. The molecule has 1 atom stereocenters. The fourth-order valence-corrected chi connectivity index (χ4v) is 7.31. The highest BCUT2D eigenvalue weighted by molar-refractivity contribution is 7.92. The van der Waals surface area contributed by atoms with E-state index in [2.05, 4.69) is 26.1 Å². The number of nitrogen functional groups attached to an aromatic ring is 1. The number of pyridine rings is 1. The van der Waals surface area contributed by atoms with Gasteiger partial charge >= 0.3 is 0 Å². The molecule has 1 aliphatic carbocycles. The van der Waals surface area contributed by atoms with Crippen LogP contribution in [0.15, 0.2) is 40.9 Å². The van der Waals surface area contributed by atoms with Gasteiger partial charge in [0.2, 0.25) is 0 Å². The average molecular weight is 598 g/mol. The molecule has 1 saturated heterocycles. The van der Waals surface area contributed by atoms with E-state index in [-0.39, 0.29) is 16.8 Å². The summed E-state index contributed by atoms with van der Waals surface area (Å²) in [5.41, 5.74) is 10.2. The Balaban J connectivity index is 1.36. The van der Waals surface area contributed by atoms with E-state index in [1.165, 1.54) is 34.4 Å². The zero-order valence-electron chi connectivity index (χ0n) is 23.0. The minimum absolute atomic E-state index is 0.00141. The number of rotatable bonds is 8. The zero-order chi connectivity index (χ0) is 28.9. The molecule has 1 aliphatic heterocycles. The number of nitrogens with zero attached hydrogens (tertiary/aromatic N) is 4. The van der Waals surface area contributed by atoms with Gasteiger partial charge in [-0.15, -0.1) is 11.3 Å². The van der Waals surface area contributed by atoms with Crippen molar-refractivity contribution in [1.29, 1.82) is 0 Å². The second-order valence-electron chi connectivity index (χ2n) is 10.8. The molecule has 4 heterocycles. The van der Waals surface area contributed by atoms with Crippen LogP contribution in [0.1, 0.15) is 49.7 Å². The van der Waals surface area contributed by atoms with Crippen molar-refractivity contribution >= 4 is 49.3 Å². The molecule has 0 bridgehead atoms. The molecule has 1 fully saturated rings. The van der Waals surface area contributed by atoms with Gasteiger partial charge < -0.3 is 15.8 Å². The van der Waals surface area contributed by atoms with Crippen LogP contribution in [0.25, 0.3) is 27.7 Å². The highest BCUT2D eigenvalue weighted by atomic mass is 32.2. The van der Waals surface area contributed by atoms with Gasteiger partial charge in [0.25, 0.3) is 10.0 Å². The van der Waals surface area contributed by atoms with E-state index >= 15 is 4.39 Å². The lowest BCUT2D eigenvalue weighted by Crippen LogP contribution is -2.50. The number of nitrogens with one attached hydrogen (secondary N) is 2. The van der Waals surface area contributed by atoms with Crippen LogP contribution >= 0.6 is 11.3 Å². The first-order chi connectivity index (χ1) is 19.6. The quantitative estimate of drug-likeness (QED) is 0.261. The minimum atomic E-state index is -4.03. The van der Waals surface area contributed by atoms with Crippen molar-refractivity contribution in [2.24, 2.45) is 0 Å². The number of hydrogen-bond acceptors (Lipinski definition) is 9. The molecule has 13 heteroatoms. The number of aromatic nitrogens is 4. The van der Waals surface area contributed by atoms with Crippen molar-refractivity contribution in [2.45, 2.75) is 63.2 Å². The summed E-state index contributed by atoms with van der Waals surface area (Å²) in [5.74, 6) is -0.436. The molecular formula is C28H32FN7O3S2. The highest BCUT2D eigenvalue weighted by Crippen LogP contribution is 2.40. The smallest absolute Gasteiger partial charge is 0.280 e. The lowest BCUT2D eigenvalue weighted by Gasteiger charge is -2.33. The molecule has 4 aromatic rings. The Kier molecular flexibility index (Phi) is 7.30. The first-order valence-electron chi connectivity index (χ1n) is 13.6. The Morgan fingerprint density at radius 1 is 1.24 bits per heavy atom. The molecule has 216 valence electrons. The van der Waals surface area contributed by atoms with Crippen molar-refractivity contribution < 1.29 is 17.5 Å². The van der Waals surface area contributed by atoms with Gasteiger partial charge in [-0.1, -0.05) is 12.1 Å². The molecule has 1 aromatic carbocycles. The minimum Gasteiger partial charge on any atom is -0.383 e. The fraction of sp³-hybridized carbons (Fsp3) is 0.393. The second kappa shape index (κ2) is 10.8. The van der Waals surface area contributed by atoms with Crippen LogP contribution in [0.2, 0.25) is 0 Å². The van der Waals surface area contributed by atoms with Gasteiger partial charge in [-0.25, -0.2) is 14.4 Å². The van der Waals surface area contributed by atoms with Gasteiger partial charge in [-0.3, -0.25) is 9.40 Å². The lowest BCUT2D eigenvalue weighted by molar-refractivity contribution is -0.0103. The molecule has 0 radical (unpaired) electrons. The maximum Gasteiger partial charge on any atom is 0.280 e. The van der Waals surface area contributed by atoms with Crippen LogP contribution in [0, 0.1) is 12.7 Å². The molecule has 0 saturated carbocycles. The van der Waals surface area contributed by atoms with Crippen LogP contribution in [0.5, 0.6) is 0 Å². The maximum absolute atomic E-state index is 15.3. The number of fused-ring (bicyclic) bond motifs is 1. The average Bonchev–Trinajstić information content (AvgIpc) is 3.54. The fourth-order valence-electron chi connectivity index (χ4n) is 5.31. The van der Waals surface area contributed by atoms with E-state index in [0.29, 0.717) is 39.6 Å². The van der Waals surface area contributed by atoms with Crippen molar-refractivity contribution in [2.75, 3.05) is 23.7 Å². The van der Waals surface area contributed by atoms with E-state index in [9.17, 15) is 8.42 Å². The van der Waals surface area contributed by atoms with Gasteiger partial charge in [0.05, 0.1) is 40.9 Å². The summed E-state index contributed by atoms with van der Waals surface area (Å²) >= 11 is 1.21. The normalized spacial score (nSPS) is 18.1. The molecule has 4 N–H and O–H groups in total. The number of thiazole rings is 1. The Bertz CT molecular complexity index is 1760. The van der Waals surface area contributed by atoms with Gasteiger partial charge in [-0.05, 0) is 57.7 Å². The standard InChI is InChI=1S/C28H32FN7O3S2/c1-15(2)36-27-21(17-4-7-19(8-5-17)33-20-12-39-13-20)11-31-28(30)25(27)26(34-36)18-6-9-23(22(29)10-18)35-41(37,38)24-14-40-16(3)32-24/h4,6,9-11,14-15,19-20,33,35H,5,7-8,12-13H2,1-3H3,(H2,30,31). The molecule has 41 heavy (non-hydrogen) atoms. The summed E-state index contributed by atoms with van der Waals surface area (Å²) in [6.07, 6.45) is 6.85. The molecule has 6 rings (SSSR count). The first kappa shape index (κ1) is 27.8. The summed E-state index contributed by atoms with van der Waals surface area (Å²) in [6.45, 7) is 7.31. The monoisotopic (exact) mass is 597 g/mol. The van der Waals surface area contributed by atoms with Crippen LogP contribution in [0.3, 0.4) is 0 Å². The highest BCUT2D eigenvalue weighted by Gasteiger charge is 2.27. The summed E-state index contributed by atoms with van der Waals surface area (Å²) in [5, 5.41) is 11.1. The van der Waals surface area contributed by atoms with Crippen molar-refractivity contribution in [3.8, 4) is 11.3 Å². The summed E-state index contributed by atoms with van der Waals surface area (Å²) in [6, 6.07) is 5.13. The lowest BCUT2D eigenvalue weighted by atomic mass is 9.89. The number of nitrogens with two attached hydrogens (primary N) is 1. The Morgan fingerprint density at radius 3 is 2.66 bits per heavy atom. The predicted molar refractivity (Wildman–Crippen MR) is 159 cm³/mol. The van der Waals surface area contributed by atoms with E-state index in [1.54, 1.807) is 19.2 Å². The predicted octanol–water partition coefficient (Wildman–Crippen LogP) is 4.89. The van der Waals surface area contributed by atoms with Crippen molar-refractivity contribution in [1.82, 2.24) is 25.1 Å². The first-order valence-corrected chi connectivity index (χ1v) is 15.9. The van der Waals surface area contributed by atoms with Crippen molar-refractivity contribution in [3.63, 3.8) is 0 Å². The van der Waals surface area contributed by atoms with Gasteiger partial charge in [0, 0.05) is 34.8 Å². The number of benzene rings is 1. The van der Waals surface area contributed by atoms with E-state index in [1.807, 2.05) is 18.5 Å². The molecular weight excluding hydrogens is 565 g/mol. The number of sulfonamides is 1. The third kappa shape index (κ3) is 5.34. The summed E-state index contributed by atoms with van der Waals surface area (Å²) < 4.78 is 50.3. The Morgan fingerprint density at radius 2 is 2.05 bits per heavy atom. The van der Waals surface area contributed by atoms with Crippen LogP contribution in [0.4, 0.5) is 15.9 Å². The van der Waals surface area contributed by atoms with E-state index < -0.39 is 15.8 Å². The topological polar surface area (TPSA) is 137 Å². The van der Waals surface area contributed by atoms with Crippen LogP contribution in [-0.4, -0.2) is 53.5 Å². The van der Waals surface area contributed by atoms with Crippen LogP contribution < -0.4 is 15.8 Å². The van der Waals surface area contributed by atoms with Gasteiger partial charge in [0.15, 0.2) is 5.03 Å². The third-order valence-electron chi connectivity index (χ3n) is 7.47. The molecule has 3 aromatic heterocycles. The van der Waals surface area contributed by atoms with E-state index in [4.69, 9.17) is 15.6 Å². The third-order valence-corrected chi connectivity index (χ3v) is 9.64. The van der Waals surface area contributed by atoms with Gasteiger partial charge in [0.1, 0.15) is 17.3 Å². The number of allylic oxidation sites excluding steroid dienone is 1.